The predicted octanol–water partition coefficient (Wildman–Crippen LogP) is 3.93. The highest BCUT2D eigenvalue weighted by atomic mass is 16.5. The maximum Gasteiger partial charge on any atom is 0.118 e. The molecule has 3 nitrogen and oxygen atoms in total. The van der Waals surface area contributed by atoms with Crippen LogP contribution < -0.4 is 15.4 Å². The molecule has 23 heavy (non-hydrogen) atoms. The number of anilines is 1. The first-order valence-electron chi connectivity index (χ1n) is 8.50. The summed E-state index contributed by atoms with van der Waals surface area (Å²) < 4.78 is 5.22. The summed E-state index contributed by atoms with van der Waals surface area (Å²) in [5.74, 6) is 0.885. The van der Waals surface area contributed by atoms with Crippen molar-refractivity contribution in [3.8, 4) is 5.75 Å². The zero-order chi connectivity index (χ0) is 16.1. The number of nitrogens with two attached hydrogens (primary N) is 1. The molecule has 2 aromatic rings. The van der Waals surface area contributed by atoms with Gasteiger partial charge in [0, 0.05) is 24.8 Å². The zero-order valence-electron chi connectivity index (χ0n) is 13.9. The Labute approximate surface area is 139 Å². The van der Waals surface area contributed by atoms with Gasteiger partial charge in [-0.1, -0.05) is 30.3 Å². The van der Waals surface area contributed by atoms with E-state index in [1.165, 1.54) is 36.1 Å². The van der Waals surface area contributed by atoms with E-state index in [9.17, 15) is 0 Å². The molecule has 0 aromatic heterocycles. The Balaban J connectivity index is 1.77. The molecule has 1 aliphatic rings. The second kappa shape index (κ2) is 7.51. The van der Waals surface area contributed by atoms with E-state index in [1.807, 2.05) is 12.1 Å². The lowest BCUT2D eigenvalue weighted by Gasteiger charge is -2.32. The minimum absolute atomic E-state index is 0.0153. The monoisotopic (exact) mass is 310 g/mol. The standard InChI is InChI=1S/C20H26N2O/c1-23-17-11-9-16(10-12-17)15-19(21)18-7-3-4-8-20(18)22-13-5-2-6-14-22/h3-4,7-12,19H,2,5-6,13-15,21H2,1H3. The van der Waals surface area contributed by atoms with Crippen LogP contribution in [-0.4, -0.2) is 20.2 Å². The van der Waals surface area contributed by atoms with Gasteiger partial charge >= 0.3 is 0 Å². The summed E-state index contributed by atoms with van der Waals surface area (Å²) in [6.07, 6.45) is 4.75. The summed E-state index contributed by atoms with van der Waals surface area (Å²) >= 11 is 0. The molecule has 0 saturated carbocycles. The average Bonchev–Trinajstić information content (AvgIpc) is 2.63. The normalized spacial score (nSPS) is 16.2. The number of hydrogen-bond acceptors (Lipinski definition) is 3. The lowest BCUT2D eigenvalue weighted by molar-refractivity contribution is 0.414. The smallest absolute Gasteiger partial charge is 0.118 e. The Morgan fingerprint density at radius 2 is 1.70 bits per heavy atom. The van der Waals surface area contributed by atoms with Gasteiger partial charge < -0.3 is 15.4 Å². The molecule has 0 radical (unpaired) electrons. The van der Waals surface area contributed by atoms with Crippen LogP contribution >= 0.6 is 0 Å². The third kappa shape index (κ3) is 3.85. The molecule has 2 N–H and O–H groups in total. The minimum Gasteiger partial charge on any atom is -0.497 e. The van der Waals surface area contributed by atoms with Crippen LogP contribution in [0.15, 0.2) is 48.5 Å². The lowest BCUT2D eigenvalue weighted by atomic mass is 9.97. The van der Waals surface area contributed by atoms with Crippen molar-refractivity contribution in [3.05, 3.63) is 59.7 Å². The molecule has 2 aromatic carbocycles. The third-order valence-corrected chi connectivity index (χ3v) is 4.65. The van der Waals surface area contributed by atoms with Gasteiger partial charge in [0.2, 0.25) is 0 Å². The number of rotatable bonds is 5. The van der Waals surface area contributed by atoms with Crippen LogP contribution in [-0.2, 0) is 6.42 Å². The molecule has 3 heteroatoms. The molecule has 0 bridgehead atoms. The minimum atomic E-state index is 0.0153. The first-order chi connectivity index (χ1) is 11.3. The molecule has 1 heterocycles. The summed E-state index contributed by atoms with van der Waals surface area (Å²) in [7, 11) is 1.69. The summed E-state index contributed by atoms with van der Waals surface area (Å²) in [5.41, 5.74) is 10.4. The topological polar surface area (TPSA) is 38.5 Å². The van der Waals surface area contributed by atoms with Gasteiger partial charge in [0.25, 0.3) is 0 Å². The van der Waals surface area contributed by atoms with Crippen molar-refractivity contribution in [2.45, 2.75) is 31.7 Å². The average molecular weight is 310 g/mol. The third-order valence-electron chi connectivity index (χ3n) is 4.65. The predicted molar refractivity (Wildman–Crippen MR) is 96.1 cm³/mol. The Hall–Kier alpha value is -2.00. The molecule has 0 aliphatic carbocycles. The van der Waals surface area contributed by atoms with Crippen LogP contribution in [0.5, 0.6) is 5.75 Å². The number of methoxy groups -OCH3 is 1. The molecule has 1 unspecified atom stereocenters. The van der Waals surface area contributed by atoms with Crippen molar-refractivity contribution in [1.29, 1.82) is 0 Å². The molecule has 1 aliphatic heterocycles. The van der Waals surface area contributed by atoms with Gasteiger partial charge in [-0.05, 0) is 55.0 Å². The van der Waals surface area contributed by atoms with Gasteiger partial charge in [0.1, 0.15) is 5.75 Å². The van der Waals surface area contributed by atoms with E-state index in [0.29, 0.717) is 0 Å². The highest BCUT2D eigenvalue weighted by molar-refractivity contribution is 5.55. The van der Waals surface area contributed by atoms with E-state index in [-0.39, 0.29) is 6.04 Å². The Morgan fingerprint density at radius 3 is 2.39 bits per heavy atom. The fourth-order valence-corrected chi connectivity index (χ4v) is 3.35. The summed E-state index contributed by atoms with van der Waals surface area (Å²) in [4.78, 5) is 2.49. The summed E-state index contributed by atoms with van der Waals surface area (Å²) in [6, 6.07) is 16.8. The summed E-state index contributed by atoms with van der Waals surface area (Å²) in [6.45, 7) is 2.29. The van der Waals surface area contributed by atoms with E-state index in [2.05, 4.69) is 41.3 Å². The number of ether oxygens (including phenoxy) is 1. The highest BCUT2D eigenvalue weighted by Gasteiger charge is 2.18. The molecule has 1 atom stereocenters. The maximum absolute atomic E-state index is 6.55. The number of hydrogen-bond donors (Lipinski definition) is 1. The quantitative estimate of drug-likeness (QED) is 0.909. The van der Waals surface area contributed by atoms with Gasteiger partial charge in [0.05, 0.1) is 7.11 Å². The highest BCUT2D eigenvalue weighted by Crippen LogP contribution is 2.29. The van der Waals surface area contributed by atoms with E-state index >= 15 is 0 Å². The van der Waals surface area contributed by atoms with Gasteiger partial charge in [-0.25, -0.2) is 0 Å². The van der Waals surface area contributed by atoms with Crippen LogP contribution in [0.3, 0.4) is 0 Å². The fourth-order valence-electron chi connectivity index (χ4n) is 3.35. The Kier molecular flexibility index (Phi) is 5.19. The molecule has 0 spiro atoms. The number of para-hydroxylation sites is 1. The van der Waals surface area contributed by atoms with Crippen molar-refractivity contribution in [3.63, 3.8) is 0 Å². The van der Waals surface area contributed by atoms with Crippen LogP contribution in [0.1, 0.15) is 36.4 Å². The van der Waals surface area contributed by atoms with Gasteiger partial charge in [0.15, 0.2) is 0 Å². The Bertz CT molecular complexity index is 618. The van der Waals surface area contributed by atoms with Crippen LogP contribution in [0.4, 0.5) is 5.69 Å². The van der Waals surface area contributed by atoms with Crippen LogP contribution in [0.25, 0.3) is 0 Å². The zero-order valence-corrected chi connectivity index (χ0v) is 13.9. The molecule has 0 amide bonds. The van der Waals surface area contributed by atoms with Crippen molar-refractivity contribution in [2.24, 2.45) is 5.73 Å². The fraction of sp³-hybridized carbons (Fsp3) is 0.400. The lowest BCUT2D eigenvalue weighted by Crippen LogP contribution is -2.31. The van der Waals surface area contributed by atoms with Crippen molar-refractivity contribution >= 4 is 5.69 Å². The van der Waals surface area contributed by atoms with Crippen LogP contribution in [0.2, 0.25) is 0 Å². The molecular formula is C20H26N2O. The van der Waals surface area contributed by atoms with Gasteiger partial charge in [-0.15, -0.1) is 0 Å². The van der Waals surface area contributed by atoms with E-state index < -0.39 is 0 Å². The molecule has 122 valence electrons. The number of piperidine rings is 1. The molecular weight excluding hydrogens is 284 g/mol. The molecule has 1 fully saturated rings. The van der Waals surface area contributed by atoms with E-state index in [1.54, 1.807) is 7.11 Å². The Morgan fingerprint density at radius 1 is 1.00 bits per heavy atom. The van der Waals surface area contributed by atoms with E-state index in [0.717, 1.165) is 25.3 Å². The first-order valence-corrected chi connectivity index (χ1v) is 8.50. The number of nitrogens with zero attached hydrogens (tertiary/aromatic N) is 1. The largest absolute Gasteiger partial charge is 0.497 e. The van der Waals surface area contributed by atoms with Crippen LogP contribution in [0, 0.1) is 0 Å². The summed E-state index contributed by atoms with van der Waals surface area (Å²) in [5, 5.41) is 0. The van der Waals surface area contributed by atoms with Crippen molar-refractivity contribution < 1.29 is 4.74 Å². The molecule has 1 saturated heterocycles. The second-order valence-corrected chi connectivity index (χ2v) is 6.27. The second-order valence-electron chi connectivity index (χ2n) is 6.27. The van der Waals surface area contributed by atoms with Crippen molar-refractivity contribution in [1.82, 2.24) is 0 Å². The molecule has 3 rings (SSSR count). The SMILES string of the molecule is COc1ccc(CC(N)c2ccccc2N2CCCCC2)cc1. The van der Waals surface area contributed by atoms with Crippen molar-refractivity contribution in [2.75, 3.05) is 25.1 Å². The van der Waals surface area contributed by atoms with Gasteiger partial charge in [-0.3, -0.25) is 0 Å². The van der Waals surface area contributed by atoms with E-state index in [4.69, 9.17) is 10.5 Å². The maximum atomic E-state index is 6.55. The number of benzene rings is 2. The first kappa shape index (κ1) is 15.9. The van der Waals surface area contributed by atoms with Gasteiger partial charge in [-0.2, -0.15) is 0 Å².